The van der Waals surface area contributed by atoms with Gasteiger partial charge in [0.15, 0.2) is 0 Å². The van der Waals surface area contributed by atoms with Gasteiger partial charge >= 0.3 is 0 Å². The van der Waals surface area contributed by atoms with Gasteiger partial charge in [0.05, 0.1) is 0 Å². The van der Waals surface area contributed by atoms with Crippen LogP contribution in [0.5, 0.6) is 0 Å². The number of rotatable bonds is 1. The average molecular weight is 240 g/mol. The first kappa shape index (κ1) is 11.1. The van der Waals surface area contributed by atoms with Crippen molar-refractivity contribution in [1.82, 2.24) is 0 Å². The zero-order valence-corrected chi connectivity index (χ0v) is 10.2. The summed E-state index contributed by atoms with van der Waals surface area (Å²) >= 11 is 0. The first-order valence-corrected chi connectivity index (χ1v) is 6.09. The van der Waals surface area contributed by atoms with Gasteiger partial charge < -0.3 is 14.8 Å². The van der Waals surface area contributed by atoms with Gasteiger partial charge in [0.2, 0.25) is 0 Å². The van der Waals surface area contributed by atoms with Crippen LogP contribution in [0.25, 0.3) is 10.8 Å². The predicted octanol–water partition coefficient (Wildman–Crippen LogP) is 1.20. The van der Waals surface area contributed by atoms with Crippen LogP contribution in [0.4, 0.5) is 5.69 Å². The maximum absolute atomic E-state index is 11.1. The maximum Gasteiger partial charge on any atom is 0.0466 e. The fraction of sp³-hybridized carbons (Fsp3) is 0.267. The number of aliphatic carboxylic acids is 1. The second kappa shape index (κ2) is 4.02. The summed E-state index contributed by atoms with van der Waals surface area (Å²) in [6, 6.07) is 12.3. The van der Waals surface area contributed by atoms with Crippen molar-refractivity contribution in [2.75, 3.05) is 18.5 Å². The molecule has 0 bridgehead atoms. The molecule has 0 N–H and O–H groups in total. The normalized spacial score (nSPS) is 18.7. The lowest BCUT2D eigenvalue weighted by molar-refractivity contribution is -0.311. The lowest BCUT2D eigenvalue weighted by Crippen LogP contribution is -2.42. The maximum atomic E-state index is 11.1. The van der Waals surface area contributed by atoms with Crippen LogP contribution in [-0.4, -0.2) is 19.6 Å². The number of anilines is 1. The zero-order valence-electron chi connectivity index (χ0n) is 10.2. The molecule has 3 rings (SSSR count). The third-order valence-electron chi connectivity index (χ3n) is 3.71. The Hall–Kier alpha value is -2.03. The van der Waals surface area contributed by atoms with E-state index < -0.39 is 11.9 Å². The van der Waals surface area contributed by atoms with E-state index >= 15 is 0 Å². The topological polar surface area (TPSA) is 43.4 Å². The van der Waals surface area contributed by atoms with Gasteiger partial charge in [-0.25, -0.2) is 0 Å². The number of hydrogen-bond donors (Lipinski definition) is 0. The Morgan fingerprint density at radius 1 is 1.28 bits per heavy atom. The standard InChI is InChI=1S/C15H15NO2/c1-16-9-11(15(17)18)8-13-12-5-3-2-4-10(12)6-7-14(13)16/h2-7,11H,8-9H2,1H3,(H,17,18)/p-1/t11-/m1/s1. The monoisotopic (exact) mass is 240 g/mol. The number of carboxylic acids is 1. The van der Waals surface area contributed by atoms with Gasteiger partial charge in [0, 0.05) is 31.2 Å². The van der Waals surface area contributed by atoms with Gasteiger partial charge in [0.1, 0.15) is 0 Å². The highest BCUT2D eigenvalue weighted by molar-refractivity contribution is 5.91. The molecule has 1 heterocycles. The first-order chi connectivity index (χ1) is 8.66. The van der Waals surface area contributed by atoms with Crippen molar-refractivity contribution in [1.29, 1.82) is 0 Å². The van der Waals surface area contributed by atoms with Crippen LogP contribution in [0, 0.1) is 5.92 Å². The lowest BCUT2D eigenvalue weighted by atomic mass is 9.89. The molecule has 0 saturated carbocycles. The molecule has 0 radical (unpaired) electrons. The average Bonchev–Trinajstić information content (AvgIpc) is 2.38. The Morgan fingerprint density at radius 2 is 2.06 bits per heavy atom. The first-order valence-electron chi connectivity index (χ1n) is 6.09. The molecule has 18 heavy (non-hydrogen) atoms. The van der Waals surface area contributed by atoms with Crippen LogP contribution in [-0.2, 0) is 11.2 Å². The van der Waals surface area contributed by atoms with Gasteiger partial charge in [-0.05, 0) is 28.8 Å². The summed E-state index contributed by atoms with van der Waals surface area (Å²) < 4.78 is 0. The Kier molecular flexibility index (Phi) is 2.47. The van der Waals surface area contributed by atoms with Crippen LogP contribution in [0.15, 0.2) is 36.4 Å². The molecule has 0 saturated heterocycles. The van der Waals surface area contributed by atoms with Crippen molar-refractivity contribution >= 4 is 22.4 Å². The summed E-state index contributed by atoms with van der Waals surface area (Å²) in [4.78, 5) is 13.1. The van der Waals surface area contributed by atoms with Crippen molar-refractivity contribution in [3.63, 3.8) is 0 Å². The molecule has 1 aliphatic rings. The number of hydrogen-bond acceptors (Lipinski definition) is 3. The molecular formula is C15H14NO2-. The zero-order chi connectivity index (χ0) is 12.7. The lowest BCUT2D eigenvalue weighted by Gasteiger charge is -2.34. The molecule has 0 aliphatic carbocycles. The minimum absolute atomic E-state index is 0.423. The number of benzene rings is 2. The molecule has 92 valence electrons. The van der Waals surface area contributed by atoms with E-state index in [0.29, 0.717) is 13.0 Å². The van der Waals surface area contributed by atoms with Gasteiger partial charge in [-0.1, -0.05) is 30.3 Å². The molecule has 0 aromatic heterocycles. The fourth-order valence-electron chi connectivity index (χ4n) is 2.79. The van der Waals surface area contributed by atoms with Gasteiger partial charge in [-0.15, -0.1) is 0 Å². The highest BCUT2D eigenvalue weighted by Crippen LogP contribution is 2.34. The molecule has 1 aliphatic heterocycles. The molecule has 0 unspecified atom stereocenters. The summed E-state index contributed by atoms with van der Waals surface area (Å²) in [5.41, 5.74) is 2.25. The molecule has 1 atom stereocenters. The molecule has 3 heteroatoms. The number of carbonyl (C=O) groups is 1. The molecule has 3 nitrogen and oxygen atoms in total. The molecule has 0 fully saturated rings. The van der Waals surface area contributed by atoms with Crippen LogP contribution < -0.4 is 10.0 Å². The minimum Gasteiger partial charge on any atom is -0.550 e. The molecule has 0 spiro atoms. The van der Waals surface area contributed by atoms with Crippen molar-refractivity contribution in [2.24, 2.45) is 5.92 Å². The number of fused-ring (bicyclic) bond motifs is 3. The number of nitrogens with zero attached hydrogens (tertiary/aromatic N) is 1. The van der Waals surface area contributed by atoms with E-state index in [1.807, 2.05) is 24.1 Å². The fourth-order valence-corrected chi connectivity index (χ4v) is 2.79. The van der Waals surface area contributed by atoms with Crippen molar-refractivity contribution < 1.29 is 9.90 Å². The highest BCUT2D eigenvalue weighted by Gasteiger charge is 2.24. The van der Waals surface area contributed by atoms with E-state index in [1.165, 1.54) is 0 Å². The summed E-state index contributed by atoms with van der Waals surface area (Å²) in [5.74, 6) is -1.38. The minimum atomic E-state index is -0.958. The second-order valence-corrected chi connectivity index (χ2v) is 4.88. The summed E-state index contributed by atoms with van der Waals surface area (Å²) in [5, 5.41) is 13.4. The number of carboxylic acid groups (broad SMARTS) is 1. The smallest absolute Gasteiger partial charge is 0.0466 e. The van der Waals surface area contributed by atoms with Crippen molar-refractivity contribution in [3.8, 4) is 0 Å². The largest absolute Gasteiger partial charge is 0.550 e. The van der Waals surface area contributed by atoms with Crippen molar-refractivity contribution in [2.45, 2.75) is 6.42 Å². The van der Waals surface area contributed by atoms with Crippen LogP contribution in [0.3, 0.4) is 0 Å². The van der Waals surface area contributed by atoms with Gasteiger partial charge in [-0.2, -0.15) is 0 Å². The summed E-state index contributed by atoms with van der Waals surface area (Å²) in [6.07, 6.45) is 0.559. The SMILES string of the molecule is CN1C[C@H](C(=O)[O-])Cc2c1ccc1ccccc21. The van der Waals surface area contributed by atoms with E-state index in [-0.39, 0.29) is 0 Å². The summed E-state index contributed by atoms with van der Waals surface area (Å²) in [6.45, 7) is 0.522. The Balaban J connectivity index is 2.20. The number of carbonyl (C=O) groups excluding carboxylic acids is 1. The van der Waals surface area contributed by atoms with Crippen molar-refractivity contribution in [3.05, 3.63) is 42.0 Å². The quantitative estimate of drug-likeness (QED) is 0.752. The van der Waals surface area contributed by atoms with E-state index in [4.69, 9.17) is 0 Å². The second-order valence-electron chi connectivity index (χ2n) is 4.88. The van der Waals surface area contributed by atoms with E-state index in [2.05, 4.69) is 24.3 Å². The third kappa shape index (κ3) is 1.63. The van der Waals surface area contributed by atoms with E-state index in [0.717, 1.165) is 22.0 Å². The molecule has 2 aromatic rings. The molecule has 0 amide bonds. The third-order valence-corrected chi connectivity index (χ3v) is 3.71. The van der Waals surface area contributed by atoms with Gasteiger partial charge in [-0.3, -0.25) is 0 Å². The summed E-state index contributed by atoms with van der Waals surface area (Å²) in [7, 11) is 1.93. The van der Waals surface area contributed by atoms with Gasteiger partial charge in [0.25, 0.3) is 0 Å². The van der Waals surface area contributed by atoms with E-state index in [9.17, 15) is 9.90 Å². The Bertz CT molecular complexity index is 621. The van der Waals surface area contributed by atoms with Crippen LogP contribution >= 0.6 is 0 Å². The van der Waals surface area contributed by atoms with Crippen LogP contribution in [0.2, 0.25) is 0 Å². The highest BCUT2D eigenvalue weighted by atomic mass is 16.4. The predicted molar refractivity (Wildman–Crippen MR) is 69.4 cm³/mol. The Labute approximate surface area is 106 Å². The Morgan fingerprint density at radius 3 is 2.83 bits per heavy atom. The molecule has 2 aromatic carbocycles. The van der Waals surface area contributed by atoms with E-state index in [1.54, 1.807) is 0 Å². The van der Waals surface area contributed by atoms with Crippen LogP contribution in [0.1, 0.15) is 5.56 Å². The molecular weight excluding hydrogens is 226 g/mol.